The Bertz CT molecular complexity index is 747. The number of pyridine rings is 1. The Morgan fingerprint density at radius 3 is 2.95 bits per heavy atom. The lowest BCUT2D eigenvalue weighted by atomic mass is 9.83. The van der Waals surface area contributed by atoms with Gasteiger partial charge in [-0.15, -0.1) is 0 Å². The minimum Gasteiger partial charge on any atom is -0.462 e. The van der Waals surface area contributed by atoms with Crippen LogP contribution in [-0.2, 0) is 10.3 Å². The molecule has 6 heteroatoms. The van der Waals surface area contributed by atoms with Gasteiger partial charge in [0, 0.05) is 16.2 Å². The molecular formula is C14H10BrN3O2. The van der Waals surface area contributed by atoms with E-state index in [1.165, 1.54) is 0 Å². The van der Waals surface area contributed by atoms with Crippen LogP contribution in [0, 0.1) is 0 Å². The number of benzene rings is 1. The fourth-order valence-electron chi connectivity index (χ4n) is 2.66. The zero-order valence-electron chi connectivity index (χ0n) is 10.3. The fourth-order valence-corrected chi connectivity index (χ4v) is 3.02. The second-order valence-electron chi connectivity index (χ2n) is 4.70. The highest BCUT2D eigenvalue weighted by atomic mass is 79.9. The van der Waals surface area contributed by atoms with Gasteiger partial charge in [-0.25, -0.2) is 9.98 Å². The molecule has 0 unspecified atom stereocenters. The molecule has 20 heavy (non-hydrogen) atoms. The van der Waals surface area contributed by atoms with E-state index in [9.17, 15) is 0 Å². The molecule has 100 valence electrons. The van der Waals surface area contributed by atoms with Crippen LogP contribution in [0.5, 0.6) is 11.6 Å². The van der Waals surface area contributed by atoms with Gasteiger partial charge in [0.15, 0.2) is 5.54 Å². The first-order valence-corrected chi connectivity index (χ1v) is 6.90. The normalized spacial score (nSPS) is 22.6. The molecule has 1 spiro atoms. The van der Waals surface area contributed by atoms with Crippen LogP contribution in [0.4, 0.5) is 0 Å². The first-order chi connectivity index (χ1) is 9.69. The quantitative estimate of drug-likeness (QED) is 0.805. The molecule has 0 amide bonds. The molecule has 0 radical (unpaired) electrons. The topological polar surface area (TPSA) is 69.7 Å². The summed E-state index contributed by atoms with van der Waals surface area (Å²) in [5, 5.41) is 0. The van der Waals surface area contributed by atoms with Crippen LogP contribution in [0.3, 0.4) is 0 Å². The summed E-state index contributed by atoms with van der Waals surface area (Å²) in [6.07, 6.45) is 1.69. The van der Waals surface area contributed by atoms with Crippen molar-refractivity contribution in [2.24, 2.45) is 10.7 Å². The van der Waals surface area contributed by atoms with E-state index in [4.69, 9.17) is 15.2 Å². The van der Waals surface area contributed by atoms with Crippen molar-refractivity contribution in [2.75, 3.05) is 6.61 Å². The van der Waals surface area contributed by atoms with Crippen molar-refractivity contribution in [1.29, 1.82) is 0 Å². The maximum atomic E-state index is 5.86. The van der Waals surface area contributed by atoms with Gasteiger partial charge in [-0.3, -0.25) is 0 Å². The lowest BCUT2D eigenvalue weighted by Crippen LogP contribution is -2.31. The van der Waals surface area contributed by atoms with Gasteiger partial charge >= 0.3 is 0 Å². The third-order valence-electron chi connectivity index (χ3n) is 3.54. The molecule has 1 aromatic carbocycles. The number of nitrogens with two attached hydrogens (primary N) is 1. The molecule has 0 saturated carbocycles. The molecule has 0 aliphatic carbocycles. The molecule has 0 saturated heterocycles. The predicted molar refractivity (Wildman–Crippen MR) is 76.8 cm³/mol. The van der Waals surface area contributed by atoms with E-state index in [1.54, 1.807) is 6.20 Å². The number of aliphatic imine (C=N–C) groups is 1. The molecular weight excluding hydrogens is 322 g/mol. The highest BCUT2D eigenvalue weighted by Gasteiger charge is 2.47. The summed E-state index contributed by atoms with van der Waals surface area (Å²) in [7, 11) is 0. The van der Waals surface area contributed by atoms with Crippen LogP contribution in [0.2, 0.25) is 0 Å². The molecule has 4 rings (SSSR count). The molecule has 1 aromatic heterocycles. The Labute approximate surface area is 123 Å². The molecule has 2 aliphatic heterocycles. The van der Waals surface area contributed by atoms with Crippen molar-refractivity contribution in [3.63, 3.8) is 0 Å². The van der Waals surface area contributed by atoms with Gasteiger partial charge in [-0.2, -0.15) is 0 Å². The lowest BCUT2D eigenvalue weighted by molar-refractivity contribution is 0.262. The summed E-state index contributed by atoms with van der Waals surface area (Å²) in [6.45, 7) is 0.352. The third kappa shape index (κ3) is 1.48. The lowest BCUT2D eigenvalue weighted by Gasteiger charge is -2.32. The van der Waals surface area contributed by atoms with E-state index >= 15 is 0 Å². The Hall–Kier alpha value is -2.08. The Morgan fingerprint density at radius 2 is 2.15 bits per heavy atom. The largest absolute Gasteiger partial charge is 0.462 e. The van der Waals surface area contributed by atoms with Crippen molar-refractivity contribution in [3.05, 3.63) is 52.1 Å². The number of hydrogen-bond acceptors (Lipinski definition) is 5. The van der Waals surface area contributed by atoms with E-state index in [1.807, 2.05) is 30.3 Å². The zero-order chi connectivity index (χ0) is 13.7. The van der Waals surface area contributed by atoms with Gasteiger partial charge < -0.3 is 15.2 Å². The number of fused-ring (bicyclic) bond motifs is 4. The van der Waals surface area contributed by atoms with E-state index in [0.717, 1.165) is 21.3 Å². The van der Waals surface area contributed by atoms with Crippen molar-refractivity contribution in [3.8, 4) is 11.6 Å². The number of aromatic nitrogens is 1. The number of hydrogen-bond donors (Lipinski definition) is 1. The summed E-state index contributed by atoms with van der Waals surface area (Å²) < 4.78 is 12.2. The molecule has 0 bridgehead atoms. The zero-order valence-corrected chi connectivity index (χ0v) is 11.9. The van der Waals surface area contributed by atoms with Gasteiger partial charge in [-0.1, -0.05) is 15.9 Å². The van der Waals surface area contributed by atoms with Crippen molar-refractivity contribution < 1.29 is 9.47 Å². The first-order valence-electron chi connectivity index (χ1n) is 6.10. The van der Waals surface area contributed by atoms with Gasteiger partial charge in [-0.05, 0) is 30.3 Å². The average molecular weight is 332 g/mol. The number of ether oxygens (including phenoxy) is 2. The van der Waals surface area contributed by atoms with Crippen molar-refractivity contribution in [2.45, 2.75) is 5.54 Å². The van der Waals surface area contributed by atoms with Crippen LogP contribution in [-0.4, -0.2) is 17.6 Å². The minimum absolute atomic E-state index is 0.188. The summed E-state index contributed by atoms with van der Waals surface area (Å²) in [6, 6.07) is 9.78. The first kappa shape index (κ1) is 11.7. The minimum atomic E-state index is -0.676. The molecule has 1 atom stereocenters. The predicted octanol–water partition coefficient (Wildman–Crippen LogP) is 2.54. The smallest absolute Gasteiger partial charge is 0.283 e. The molecule has 2 aromatic rings. The van der Waals surface area contributed by atoms with E-state index in [-0.39, 0.29) is 6.02 Å². The summed E-state index contributed by atoms with van der Waals surface area (Å²) in [4.78, 5) is 8.82. The maximum absolute atomic E-state index is 5.86. The van der Waals surface area contributed by atoms with Crippen molar-refractivity contribution >= 4 is 22.0 Å². The Balaban J connectivity index is 2.05. The van der Waals surface area contributed by atoms with E-state index in [0.29, 0.717) is 12.5 Å². The van der Waals surface area contributed by atoms with Gasteiger partial charge in [0.2, 0.25) is 5.88 Å². The van der Waals surface area contributed by atoms with Crippen LogP contribution in [0.15, 0.2) is 46.0 Å². The van der Waals surface area contributed by atoms with E-state index in [2.05, 4.69) is 25.9 Å². The fraction of sp³-hybridized carbons (Fsp3) is 0.143. The molecule has 5 nitrogen and oxygen atoms in total. The van der Waals surface area contributed by atoms with Gasteiger partial charge in [0.25, 0.3) is 6.02 Å². The maximum Gasteiger partial charge on any atom is 0.283 e. The molecule has 2 N–H and O–H groups in total. The molecule has 0 fully saturated rings. The van der Waals surface area contributed by atoms with Gasteiger partial charge in [0.05, 0.1) is 5.56 Å². The highest BCUT2D eigenvalue weighted by molar-refractivity contribution is 9.10. The number of halogens is 1. The monoisotopic (exact) mass is 331 g/mol. The summed E-state index contributed by atoms with van der Waals surface area (Å²) in [5.41, 5.74) is 6.86. The van der Waals surface area contributed by atoms with Crippen LogP contribution < -0.4 is 10.5 Å². The second kappa shape index (κ2) is 3.96. The SMILES string of the molecule is NC1=N[C@@]2(CO1)c1cc(Br)ccc1Oc1ncccc12. The van der Waals surface area contributed by atoms with Crippen LogP contribution in [0.1, 0.15) is 11.1 Å². The van der Waals surface area contributed by atoms with Crippen LogP contribution in [0.25, 0.3) is 0 Å². The van der Waals surface area contributed by atoms with E-state index < -0.39 is 5.54 Å². The number of amidine groups is 1. The Kier molecular flexibility index (Phi) is 2.32. The average Bonchev–Trinajstić information content (AvgIpc) is 2.84. The van der Waals surface area contributed by atoms with Crippen molar-refractivity contribution in [1.82, 2.24) is 4.98 Å². The standard InChI is InChI=1S/C14H10BrN3O2/c15-8-3-4-11-10(6-8)14(7-19-13(16)18-14)9-2-1-5-17-12(9)20-11/h1-6H,7H2,(H2,16,18)/t14-/m1/s1. The van der Waals surface area contributed by atoms with Crippen LogP contribution >= 0.6 is 15.9 Å². The molecule has 3 heterocycles. The summed E-state index contributed by atoms with van der Waals surface area (Å²) >= 11 is 3.48. The highest BCUT2D eigenvalue weighted by Crippen LogP contribution is 2.50. The number of nitrogens with zero attached hydrogens (tertiary/aromatic N) is 2. The third-order valence-corrected chi connectivity index (χ3v) is 4.03. The number of rotatable bonds is 0. The second-order valence-corrected chi connectivity index (χ2v) is 5.61. The Morgan fingerprint density at radius 1 is 1.25 bits per heavy atom. The van der Waals surface area contributed by atoms with Gasteiger partial charge in [0.1, 0.15) is 12.4 Å². The summed E-state index contributed by atoms with van der Waals surface area (Å²) in [5.74, 6) is 1.27. The molecule has 2 aliphatic rings.